The second-order valence-electron chi connectivity index (χ2n) is 4.02. The lowest BCUT2D eigenvalue weighted by Gasteiger charge is -2.10. The van der Waals surface area contributed by atoms with Gasteiger partial charge in [-0.2, -0.15) is 5.10 Å². The Morgan fingerprint density at radius 2 is 2.06 bits per heavy atom. The topological polar surface area (TPSA) is 53.1 Å². The normalized spacial score (nSPS) is 13.1. The molecule has 1 aromatic heterocycles. The molecule has 0 amide bonds. The Labute approximate surface area is 97.8 Å². The van der Waals surface area contributed by atoms with Gasteiger partial charge in [-0.1, -0.05) is 6.92 Å². The maximum Gasteiger partial charge on any atom is 0.0662 e. The van der Waals surface area contributed by atoms with E-state index < -0.39 is 0 Å². The molecule has 16 heavy (non-hydrogen) atoms. The van der Waals surface area contributed by atoms with Crippen LogP contribution in [0.3, 0.4) is 0 Å². The number of rotatable bonds is 6. The monoisotopic (exact) mass is 225 g/mol. The highest BCUT2D eigenvalue weighted by Gasteiger charge is 2.16. The van der Waals surface area contributed by atoms with Gasteiger partial charge in [0.2, 0.25) is 0 Å². The SMILES string of the molecule is CCOCCn1nc(C)c(C(N)CC)c1C. The summed E-state index contributed by atoms with van der Waals surface area (Å²) in [5.41, 5.74) is 9.49. The fourth-order valence-electron chi connectivity index (χ4n) is 1.96. The first kappa shape index (κ1) is 13.2. The molecule has 1 unspecified atom stereocenters. The summed E-state index contributed by atoms with van der Waals surface area (Å²) in [5, 5.41) is 4.51. The van der Waals surface area contributed by atoms with Crippen LogP contribution in [-0.4, -0.2) is 23.0 Å². The van der Waals surface area contributed by atoms with Crippen molar-refractivity contribution in [1.29, 1.82) is 0 Å². The maximum atomic E-state index is 6.08. The van der Waals surface area contributed by atoms with E-state index in [0.29, 0.717) is 6.61 Å². The minimum atomic E-state index is 0.0980. The highest BCUT2D eigenvalue weighted by atomic mass is 16.5. The van der Waals surface area contributed by atoms with Crippen LogP contribution < -0.4 is 5.73 Å². The average Bonchev–Trinajstić information content (AvgIpc) is 2.54. The predicted octanol–water partition coefficient (Wildman–Crippen LogP) is 1.95. The second-order valence-corrected chi connectivity index (χ2v) is 4.02. The number of nitrogens with zero attached hydrogens (tertiary/aromatic N) is 2. The van der Waals surface area contributed by atoms with Crippen LogP contribution in [0.2, 0.25) is 0 Å². The van der Waals surface area contributed by atoms with Gasteiger partial charge in [0.15, 0.2) is 0 Å². The predicted molar refractivity (Wildman–Crippen MR) is 65.4 cm³/mol. The van der Waals surface area contributed by atoms with Crippen molar-refractivity contribution in [2.45, 2.75) is 46.7 Å². The minimum absolute atomic E-state index is 0.0980. The van der Waals surface area contributed by atoms with Gasteiger partial charge in [-0.15, -0.1) is 0 Å². The van der Waals surface area contributed by atoms with E-state index in [-0.39, 0.29) is 6.04 Å². The van der Waals surface area contributed by atoms with Crippen molar-refractivity contribution >= 4 is 0 Å². The van der Waals surface area contributed by atoms with E-state index in [0.717, 1.165) is 25.3 Å². The molecule has 0 aliphatic heterocycles. The third-order valence-electron chi connectivity index (χ3n) is 2.90. The molecule has 1 heterocycles. The Kier molecular flexibility index (Phi) is 4.96. The Morgan fingerprint density at radius 1 is 1.38 bits per heavy atom. The Balaban J connectivity index is 2.80. The van der Waals surface area contributed by atoms with Crippen molar-refractivity contribution in [1.82, 2.24) is 9.78 Å². The van der Waals surface area contributed by atoms with Crippen LogP contribution in [0.5, 0.6) is 0 Å². The van der Waals surface area contributed by atoms with Crippen LogP contribution in [0.1, 0.15) is 43.3 Å². The van der Waals surface area contributed by atoms with Crippen LogP contribution >= 0.6 is 0 Å². The highest BCUT2D eigenvalue weighted by Crippen LogP contribution is 2.21. The zero-order valence-electron chi connectivity index (χ0n) is 10.8. The first-order chi connectivity index (χ1) is 7.61. The molecule has 0 radical (unpaired) electrons. The average molecular weight is 225 g/mol. The zero-order chi connectivity index (χ0) is 12.1. The van der Waals surface area contributed by atoms with Gasteiger partial charge in [0.05, 0.1) is 18.8 Å². The molecule has 0 saturated carbocycles. The van der Waals surface area contributed by atoms with Crippen molar-refractivity contribution in [3.05, 3.63) is 17.0 Å². The summed E-state index contributed by atoms with van der Waals surface area (Å²) in [4.78, 5) is 0. The first-order valence-corrected chi connectivity index (χ1v) is 5.99. The van der Waals surface area contributed by atoms with Crippen LogP contribution in [0.4, 0.5) is 0 Å². The lowest BCUT2D eigenvalue weighted by molar-refractivity contribution is 0.135. The van der Waals surface area contributed by atoms with Gasteiger partial charge in [0, 0.05) is 23.9 Å². The van der Waals surface area contributed by atoms with E-state index in [4.69, 9.17) is 10.5 Å². The molecule has 1 rings (SSSR count). The van der Waals surface area contributed by atoms with E-state index >= 15 is 0 Å². The number of aromatic nitrogens is 2. The maximum absolute atomic E-state index is 6.08. The molecule has 0 fully saturated rings. The molecule has 0 spiro atoms. The van der Waals surface area contributed by atoms with E-state index in [1.165, 1.54) is 11.3 Å². The fraction of sp³-hybridized carbons (Fsp3) is 0.750. The smallest absolute Gasteiger partial charge is 0.0662 e. The molecule has 0 aliphatic rings. The van der Waals surface area contributed by atoms with Gasteiger partial charge >= 0.3 is 0 Å². The van der Waals surface area contributed by atoms with Gasteiger partial charge in [-0.25, -0.2) is 0 Å². The number of hydrogen-bond donors (Lipinski definition) is 1. The number of hydrogen-bond acceptors (Lipinski definition) is 3. The molecule has 0 aromatic carbocycles. The van der Waals surface area contributed by atoms with Crippen LogP contribution in [0.25, 0.3) is 0 Å². The molecule has 2 N–H and O–H groups in total. The van der Waals surface area contributed by atoms with E-state index in [9.17, 15) is 0 Å². The van der Waals surface area contributed by atoms with Crippen molar-refractivity contribution in [3.63, 3.8) is 0 Å². The molecule has 0 bridgehead atoms. The third kappa shape index (κ3) is 2.83. The summed E-state index contributed by atoms with van der Waals surface area (Å²) < 4.78 is 7.33. The molecule has 1 aromatic rings. The van der Waals surface area contributed by atoms with E-state index in [2.05, 4.69) is 18.9 Å². The van der Waals surface area contributed by atoms with Gasteiger partial charge in [-0.3, -0.25) is 4.68 Å². The van der Waals surface area contributed by atoms with Crippen molar-refractivity contribution in [2.24, 2.45) is 5.73 Å². The summed E-state index contributed by atoms with van der Waals surface area (Å²) in [5.74, 6) is 0. The third-order valence-corrected chi connectivity index (χ3v) is 2.90. The molecule has 0 saturated heterocycles. The second kappa shape index (κ2) is 6.01. The van der Waals surface area contributed by atoms with Crippen LogP contribution in [-0.2, 0) is 11.3 Å². The molecule has 4 nitrogen and oxygen atoms in total. The lowest BCUT2D eigenvalue weighted by Crippen LogP contribution is -2.12. The van der Waals surface area contributed by atoms with Crippen LogP contribution in [0.15, 0.2) is 0 Å². The number of aryl methyl sites for hydroxylation is 1. The standard InChI is InChI=1S/C12H23N3O/c1-5-11(13)12-9(3)14-15(10(12)4)7-8-16-6-2/h11H,5-8,13H2,1-4H3. The molecule has 1 atom stereocenters. The van der Waals surface area contributed by atoms with Crippen LogP contribution in [0, 0.1) is 13.8 Å². The number of ether oxygens (including phenoxy) is 1. The first-order valence-electron chi connectivity index (χ1n) is 5.99. The summed E-state index contributed by atoms with van der Waals surface area (Å²) in [7, 11) is 0. The lowest BCUT2D eigenvalue weighted by atomic mass is 10.0. The number of nitrogens with two attached hydrogens (primary N) is 1. The fourth-order valence-corrected chi connectivity index (χ4v) is 1.96. The highest BCUT2D eigenvalue weighted by molar-refractivity contribution is 5.27. The largest absolute Gasteiger partial charge is 0.380 e. The van der Waals surface area contributed by atoms with Crippen molar-refractivity contribution in [2.75, 3.05) is 13.2 Å². The van der Waals surface area contributed by atoms with Gasteiger partial charge < -0.3 is 10.5 Å². The van der Waals surface area contributed by atoms with E-state index in [1.807, 2.05) is 18.5 Å². The van der Waals surface area contributed by atoms with Gasteiger partial charge in [-0.05, 0) is 27.2 Å². The summed E-state index contributed by atoms with van der Waals surface area (Å²) in [6.07, 6.45) is 0.943. The Hall–Kier alpha value is -0.870. The molecule has 0 aliphatic carbocycles. The molecular weight excluding hydrogens is 202 g/mol. The summed E-state index contributed by atoms with van der Waals surface area (Å²) in [6, 6.07) is 0.0980. The van der Waals surface area contributed by atoms with Crippen molar-refractivity contribution < 1.29 is 4.74 Å². The Morgan fingerprint density at radius 3 is 2.62 bits per heavy atom. The van der Waals surface area contributed by atoms with Gasteiger partial charge in [0.1, 0.15) is 0 Å². The minimum Gasteiger partial charge on any atom is -0.380 e. The zero-order valence-corrected chi connectivity index (χ0v) is 10.8. The van der Waals surface area contributed by atoms with Gasteiger partial charge in [0.25, 0.3) is 0 Å². The summed E-state index contributed by atoms with van der Waals surface area (Å²) in [6.45, 7) is 10.5. The molecular formula is C12H23N3O. The Bertz CT molecular complexity index is 333. The van der Waals surface area contributed by atoms with Crippen molar-refractivity contribution in [3.8, 4) is 0 Å². The molecule has 4 heteroatoms. The summed E-state index contributed by atoms with van der Waals surface area (Å²) >= 11 is 0. The quantitative estimate of drug-likeness (QED) is 0.753. The molecule has 92 valence electrons. The van der Waals surface area contributed by atoms with E-state index in [1.54, 1.807) is 0 Å².